The molecule has 1 unspecified atom stereocenters. The van der Waals surface area contributed by atoms with Gasteiger partial charge in [-0.25, -0.2) is 13.1 Å². The van der Waals surface area contributed by atoms with Gasteiger partial charge in [-0.3, -0.25) is 9.11 Å². The minimum Gasteiger partial charge on any atom is -0.392 e. The van der Waals surface area contributed by atoms with Crippen LogP contribution in [0.15, 0.2) is 23.1 Å². The van der Waals surface area contributed by atoms with E-state index in [1.165, 1.54) is 25.1 Å². The first-order valence-corrected chi connectivity index (χ1v) is 10.4. The number of nitrogens with one attached hydrogen (secondary N) is 2. The Morgan fingerprint density at radius 1 is 1.38 bits per heavy atom. The monoisotopic (exact) mass is 375 g/mol. The summed E-state index contributed by atoms with van der Waals surface area (Å²) in [6, 6.07) is 6.03. The highest BCUT2D eigenvalue weighted by molar-refractivity contribution is 8.24. The lowest BCUT2D eigenvalue weighted by Gasteiger charge is -2.32. The van der Waals surface area contributed by atoms with Gasteiger partial charge in [0.15, 0.2) is 0 Å². The Morgan fingerprint density at radius 2 is 2.04 bits per heavy atom. The normalized spacial score (nSPS) is 14.0. The molecule has 5 N–H and O–H groups in total. The van der Waals surface area contributed by atoms with Crippen LogP contribution in [0.1, 0.15) is 24.5 Å². The number of nitriles is 1. The number of hydrogen-bond donors (Lipinski definition) is 5. The smallest absolute Gasteiger partial charge is 0.211 e. The maximum Gasteiger partial charge on any atom is 0.211 e. The predicted octanol–water partition coefficient (Wildman–Crippen LogP) is 1.36. The Morgan fingerprint density at radius 3 is 2.58 bits per heavy atom. The first kappa shape index (κ1) is 20.6. The van der Waals surface area contributed by atoms with Gasteiger partial charge in [-0.15, -0.1) is 0 Å². The third-order valence-electron chi connectivity index (χ3n) is 3.12. The fourth-order valence-electron chi connectivity index (χ4n) is 1.85. The molecule has 0 bridgehead atoms. The van der Waals surface area contributed by atoms with Crippen molar-refractivity contribution in [2.75, 3.05) is 18.1 Å². The quantitative estimate of drug-likeness (QED) is 0.410. The molecule has 0 aromatic heterocycles. The fraction of sp³-hybridized carbons (Fsp3) is 0.429. The van der Waals surface area contributed by atoms with E-state index in [0.29, 0.717) is 5.56 Å². The van der Waals surface area contributed by atoms with Crippen LogP contribution in [0.4, 0.5) is 0 Å². The molecule has 0 aliphatic carbocycles. The number of benzene rings is 1. The zero-order valence-corrected chi connectivity index (χ0v) is 14.8. The molecule has 1 rings (SSSR count). The van der Waals surface area contributed by atoms with E-state index in [-0.39, 0.29) is 34.9 Å². The second-order valence-corrected chi connectivity index (χ2v) is 9.39. The number of aliphatic hydroxyl groups is 1. The third kappa shape index (κ3) is 6.20. The van der Waals surface area contributed by atoms with Gasteiger partial charge in [0.1, 0.15) is 0 Å². The van der Waals surface area contributed by atoms with Crippen molar-refractivity contribution >= 4 is 26.8 Å². The predicted molar refractivity (Wildman–Crippen MR) is 93.1 cm³/mol. The van der Waals surface area contributed by atoms with Crippen LogP contribution in [0.3, 0.4) is 0 Å². The Labute approximate surface area is 143 Å². The van der Waals surface area contributed by atoms with Gasteiger partial charge >= 0.3 is 0 Å². The van der Waals surface area contributed by atoms with E-state index < -0.39 is 26.7 Å². The molecule has 10 heteroatoms. The summed E-state index contributed by atoms with van der Waals surface area (Å²) in [6.45, 7) is 1.35. The minimum absolute atomic E-state index is 0.00564. The van der Waals surface area contributed by atoms with Gasteiger partial charge in [-0.05, 0) is 25.5 Å². The molecule has 0 spiro atoms. The lowest BCUT2D eigenvalue weighted by molar-refractivity contribution is 0.198. The van der Waals surface area contributed by atoms with E-state index in [0.717, 1.165) is 6.21 Å². The lowest BCUT2D eigenvalue weighted by Crippen LogP contribution is -2.32. The molecule has 0 saturated carbocycles. The van der Waals surface area contributed by atoms with E-state index in [2.05, 4.69) is 4.72 Å². The van der Waals surface area contributed by atoms with Crippen molar-refractivity contribution in [2.24, 2.45) is 0 Å². The molecule has 1 aromatic carbocycles. The zero-order chi connectivity index (χ0) is 18.4. The highest BCUT2D eigenvalue weighted by Crippen LogP contribution is 2.48. The molecule has 0 fully saturated rings. The van der Waals surface area contributed by atoms with Crippen molar-refractivity contribution < 1.29 is 22.6 Å². The maximum absolute atomic E-state index is 11.7. The molecule has 0 heterocycles. The van der Waals surface area contributed by atoms with Gasteiger partial charge in [-0.2, -0.15) is 15.9 Å². The SMILES string of the molecule is CC(O)CNS(=O)(=O)CCCS(O)(O)c1ccc(C=N)c(C#N)c1. The number of sulfonamides is 1. The Balaban J connectivity index is 2.74. The van der Waals surface area contributed by atoms with Gasteiger partial charge in [0.05, 0.1) is 28.4 Å². The third-order valence-corrected chi connectivity index (χ3v) is 6.42. The van der Waals surface area contributed by atoms with Gasteiger partial charge in [-0.1, -0.05) is 6.07 Å². The average molecular weight is 375 g/mol. The van der Waals surface area contributed by atoms with Crippen molar-refractivity contribution in [3.63, 3.8) is 0 Å². The van der Waals surface area contributed by atoms with E-state index in [4.69, 9.17) is 15.8 Å². The lowest BCUT2D eigenvalue weighted by atomic mass is 10.1. The van der Waals surface area contributed by atoms with Gasteiger partial charge in [0.2, 0.25) is 10.0 Å². The van der Waals surface area contributed by atoms with Crippen LogP contribution in [0.25, 0.3) is 0 Å². The summed E-state index contributed by atoms with van der Waals surface area (Å²) in [5, 5.41) is 25.3. The number of rotatable bonds is 9. The van der Waals surface area contributed by atoms with Crippen LogP contribution in [-0.2, 0) is 10.0 Å². The topological polar surface area (TPSA) is 154 Å². The molecule has 0 aliphatic heterocycles. The van der Waals surface area contributed by atoms with E-state index >= 15 is 0 Å². The van der Waals surface area contributed by atoms with Gasteiger partial charge in [0.25, 0.3) is 0 Å². The van der Waals surface area contributed by atoms with Gasteiger partial charge in [0, 0.05) is 24.1 Å². The average Bonchev–Trinajstić information content (AvgIpc) is 2.52. The summed E-state index contributed by atoms with van der Waals surface area (Å²) < 4.78 is 46.0. The molecule has 0 aliphatic rings. The maximum atomic E-state index is 11.7. The number of aliphatic hydroxyl groups excluding tert-OH is 1. The van der Waals surface area contributed by atoms with Crippen molar-refractivity contribution in [1.29, 1.82) is 10.7 Å². The van der Waals surface area contributed by atoms with Crippen molar-refractivity contribution in [1.82, 2.24) is 4.72 Å². The second-order valence-electron chi connectivity index (χ2n) is 5.25. The first-order chi connectivity index (χ1) is 11.1. The summed E-state index contributed by atoms with van der Waals surface area (Å²) in [5.74, 6) is -0.476. The summed E-state index contributed by atoms with van der Waals surface area (Å²) in [7, 11) is -6.85. The van der Waals surface area contributed by atoms with Crippen molar-refractivity contribution in [3.05, 3.63) is 29.3 Å². The Bertz CT molecular complexity index is 726. The molecule has 1 aromatic rings. The van der Waals surface area contributed by atoms with Crippen molar-refractivity contribution in [2.45, 2.75) is 24.3 Å². The molecule has 0 saturated heterocycles. The van der Waals surface area contributed by atoms with E-state index in [1.807, 2.05) is 6.07 Å². The standard InChI is InChI=1S/C14H21N3O5S2/c1-11(18)10-17-24(21,22)6-2-5-23(19,20)14-4-3-12(8-15)13(7-14)9-16/h3-4,7-8,11,15,17-20H,2,5-6,10H2,1H3. The summed E-state index contributed by atoms with van der Waals surface area (Å²) in [4.78, 5) is 0.138. The molecular formula is C14H21N3O5S2. The first-order valence-electron chi connectivity index (χ1n) is 7.07. The van der Waals surface area contributed by atoms with Crippen LogP contribution < -0.4 is 4.72 Å². The molecule has 0 radical (unpaired) electrons. The molecule has 1 atom stereocenters. The molecular weight excluding hydrogens is 354 g/mol. The van der Waals surface area contributed by atoms with Crippen LogP contribution >= 0.6 is 10.6 Å². The number of hydrogen-bond acceptors (Lipinski definition) is 7. The molecule has 8 nitrogen and oxygen atoms in total. The largest absolute Gasteiger partial charge is 0.392 e. The van der Waals surface area contributed by atoms with E-state index in [9.17, 15) is 17.5 Å². The Kier molecular flexibility index (Phi) is 7.34. The molecule has 0 amide bonds. The minimum atomic E-state index is -3.61. The summed E-state index contributed by atoms with van der Waals surface area (Å²) >= 11 is 0. The number of nitrogens with zero attached hydrogens (tertiary/aromatic N) is 1. The Hall–Kier alpha value is -1.48. The fourth-order valence-corrected chi connectivity index (χ4v) is 4.57. The van der Waals surface area contributed by atoms with Gasteiger partial charge < -0.3 is 10.5 Å². The molecule has 24 heavy (non-hydrogen) atoms. The van der Waals surface area contributed by atoms with Crippen LogP contribution in [0, 0.1) is 16.7 Å². The summed E-state index contributed by atoms with van der Waals surface area (Å²) in [6.07, 6.45) is 0.192. The van der Waals surface area contributed by atoms with Crippen LogP contribution in [0.5, 0.6) is 0 Å². The summed E-state index contributed by atoms with van der Waals surface area (Å²) in [5.41, 5.74) is 0.509. The van der Waals surface area contributed by atoms with E-state index in [1.54, 1.807) is 0 Å². The van der Waals surface area contributed by atoms with Crippen LogP contribution in [-0.4, -0.2) is 53.0 Å². The van der Waals surface area contributed by atoms with Crippen LogP contribution in [0.2, 0.25) is 0 Å². The zero-order valence-electron chi connectivity index (χ0n) is 13.1. The highest BCUT2D eigenvalue weighted by Gasteiger charge is 2.19. The van der Waals surface area contributed by atoms with Crippen molar-refractivity contribution in [3.8, 4) is 6.07 Å². The highest BCUT2D eigenvalue weighted by atomic mass is 32.3. The second kappa shape index (κ2) is 8.57. The molecule has 134 valence electrons.